The summed E-state index contributed by atoms with van der Waals surface area (Å²) >= 11 is 5.51. The zero-order chi connectivity index (χ0) is 18.6. The summed E-state index contributed by atoms with van der Waals surface area (Å²) in [4.78, 5) is 4.76. The molecule has 1 saturated heterocycles. The van der Waals surface area contributed by atoms with E-state index in [-0.39, 0.29) is 6.79 Å². The molecule has 2 aromatic rings. The van der Waals surface area contributed by atoms with Crippen molar-refractivity contribution in [1.82, 2.24) is 10.2 Å². The maximum atomic E-state index is 5.51. The quantitative estimate of drug-likeness (QED) is 0.786. The van der Waals surface area contributed by atoms with Crippen LogP contribution in [0.15, 0.2) is 42.5 Å². The highest BCUT2D eigenvalue weighted by Gasteiger charge is 2.17. The number of nitrogens with one attached hydrogen (secondary N) is 2. The highest BCUT2D eigenvalue weighted by atomic mass is 32.1. The topological polar surface area (TPSA) is 49.0 Å². The lowest BCUT2D eigenvalue weighted by molar-refractivity contribution is 0.174. The van der Waals surface area contributed by atoms with Crippen LogP contribution in [0.25, 0.3) is 0 Å². The van der Waals surface area contributed by atoms with Crippen molar-refractivity contribution in [2.45, 2.75) is 6.54 Å². The Morgan fingerprint density at radius 1 is 1.04 bits per heavy atom. The lowest BCUT2D eigenvalue weighted by Crippen LogP contribution is -2.44. The molecule has 0 atom stereocenters. The van der Waals surface area contributed by atoms with Crippen LogP contribution in [0.2, 0.25) is 0 Å². The molecule has 2 aliphatic rings. The number of likely N-dealkylation sites (N-methyl/N-ethyl adjacent to an activating group) is 1. The third-order valence-corrected chi connectivity index (χ3v) is 5.13. The Morgan fingerprint density at radius 2 is 1.81 bits per heavy atom. The molecule has 0 amide bonds. The highest BCUT2D eigenvalue weighted by molar-refractivity contribution is 7.80. The molecule has 0 unspecified atom stereocenters. The van der Waals surface area contributed by atoms with Crippen LogP contribution in [0, 0.1) is 0 Å². The predicted molar refractivity (Wildman–Crippen MR) is 112 cm³/mol. The summed E-state index contributed by atoms with van der Waals surface area (Å²) in [7, 11) is 2.16. The van der Waals surface area contributed by atoms with E-state index in [0.717, 1.165) is 48.9 Å². The van der Waals surface area contributed by atoms with E-state index < -0.39 is 0 Å². The SMILES string of the molecule is CN1CCN(c2ccccc2NC(=S)NCc2ccc3c(c2)OCO3)CC1. The van der Waals surface area contributed by atoms with Gasteiger partial charge in [-0.25, -0.2) is 0 Å². The number of ether oxygens (including phenoxy) is 2. The van der Waals surface area contributed by atoms with Gasteiger partial charge < -0.3 is 29.9 Å². The summed E-state index contributed by atoms with van der Waals surface area (Å²) in [6, 6.07) is 14.2. The lowest BCUT2D eigenvalue weighted by Gasteiger charge is -2.35. The fraction of sp³-hybridized carbons (Fsp3) is 0.350. The van der Waals surface area contributed by atoms with E-state index in [1.165, 1.54) is 5.69 Å². The Labute approximate surface area is 165 Å². The first kappa shape index (κ1) is 17.9. The van der Waals surface area contributed by atoms with Gasteiger partial charge in [0.2, 0.25) is 6.79 Å². The number of nitrogens with zero attached hydrogens (tertiary/aromatic N) is 2. The summed E-state index contributed by atoms with van der Waals surface area (Å²) in [5.74, 6) is 1.58. The van der Waals surface area contributed by atoms with E-state index >= 15 is 0 Å². The fourth-order valence-electron chi connectivity index (χ4n) is 3.30. The van der Waals surface area contributed by atoms with Crippen LogP contribution in [0.1, 0.15) is 5.56 Å². The second-order valence-corrected chi connectivity index (χ2v) is 7.21. The molecule has 6 nitrogen and oxygen atoms in total. The Bertz CT molecular complexity index is 821. The van der Waals surface area contributed by atoms with Gasteiger partial charge in [0.05, 0.1) is 11.4 Å². The van der Waals surface area contributed by atoms with Gasteiger partial charge in [-0.15, -0.1) is 0 Å². The van der Waals surface area contributed by atoms with Gasteiger partial charge in [0, 0.05) is 32.7 Å². The molecule has 0 radical (unpaired) electrons. The van der Waals surface area contributed by atoms with Crippen LogP contribution in [-0.4, -0.2) is 50.0 Å². The van der Waals surface area contributed by atoms with Gasteiger partial charge in [-0.2, -0.15) is 0 Å². The van der Waals surface area contributed by atoms with Crippen LogP contribution < -0.4 is 25.0 Å². The third kappa shape index (κ3) is 4.26. The molecular weight excluding hydrogens is 360 g/mol. The average molecular weight is 385 g/mol. The summed E-state index contributed by atoms with van der Waals surface area (Å²) < 4.78 is 10.8. The van der Waals surface area contributed by atoms with E-state index in [1.54, 1.807) is 0 Å². The number of benzene rings is 2. The summed E-state index contributed by atoms with van der Waals surface area (Å²) in [5.41, 5.74) is 3.32. The zero-order valence-corrected chi connectivity index (χ0v) is 16.2. The molecule has 27 heavy (non-hydrogen) atoms. The van der Waals surface area contributed by atoms with Gasteiger partial charge in [0.25, 0.3) is 0 Å². The molecule has 7 heteroatoms. The van der Waals surface area contributed by atoms with Crippen molar-refractivity contribution in [1.29, 1.82) is 0 Å². The number of hydrogen-bond acceptors (Lipinski definition) is 5. The molecule has 2 N–H and O–H groups in total. The first-order chi connectivity index (χ1) is 13.2. The van der Waals surface area contributed by atoms with Crippen LogP contribution in [0.4, 0.5) is 11.4 Å². The molecule has 0 bridgehead atoms. The van der Waals surface area contributed by atoms with E-state index in [0.29, 0.717) is 11.7 Å². The van der Waals surface area contributed by atoms with Crippen molar-refractivity contribution in [2.24, 2.45) is 0 Å². The summed E-state index contributed by atoms with van der Waals surface area (Å²) in [5, 5.41) is 7.23. The van der Waals surface area contributed by atoms with Gasteiger partial charge >= 0.3 is 0 Å². The van der Waals surface area contributed by atoms with Crippen LogP contribution in [0.5, 0.6) is 11.5 Å². The highest BCUT2D eigenvalue weighted by Crippen LogP contribution is 2.32. The molecular formula is C20H24N4O2S. The maximum absolute atomic E-state index is 5.51. The molecule has 2 aromatic carbocycles. The van der Waals surface area contributed by atoms with Crippen molar-refractivity contribution in [3.8, 4) is 11.5 Å². The Balaban J connectivity index is 1.37. The zero-order valence-electron chi connectivity index (χ0n) is 15.4. The van der Waals surface area contributed by atoms with Crippen molar-refractivity contribution in [2.75, 3.05) is 50.2 Å². The molecule has 2 heterocycles. The van der Waals surface area contributed by atoms with Gasteiger partial charge in [-0.3, -0.25) is 0 Å². The van der Waals surface area contributed by atoms with E-state index in [4.69, 9.17) is 21.7 Å². The minimum atomic E-state index is 0.287. The van der Waals surface area contributed by atoms with E-state index in [9.17, 15) is 0 Å². The number of anilines is 2. The smallest absolute Gasteiger partial charge is 0.231 e. The molecule has 0 spiro atoms. The van der Waals surface area contributed by atoms with E-state index in [1.807, 2.05) is 24.3 Å². The monoisotopic (exact) mass is 384 g/mol. The summed E-state index contributed by atoms with van der Waals surface area (Å²) in [6.07, 6.45) is 0. The first-order valence-electron chi connectivity index (χ1n) is 9.15. The third-order valence-electron chi connectivity index (χ3n) is 4.89. The molecule has 1 fully saturated rings. The van der Waals surface area contributed by atoms with Crippen LogP contribution >= 0.6 is 12.2 Å². The number of para-hydroxylation sites is 2. The van der Waals surface area contributed by atoms with Crippen molar-refractivity contribution in [3.05, 3.63) is 48.0 Å². The first-order valence-corrected chi connectivity index (χ1v) is 9.56. The van der Waals surface area contributed by atoms with E-state index in [2.05, 4.69) is 45.7 Å². The number of piperazine rings is 1. The molecule has 142 valence electrons. The molecule has 0 aliphatic carbocycles. The minimum Gasteiger partial charge on any atom is -0.454 e. The van der Waals surface area contributed by atoms with Gasteiger partial charge in [0.1, 0.15) is 0 Å². The Morgan fingerprint density at radius 3 is 2.67 bits per heavy atom. The fourth-order valence-corrected chi connectivity index (χ4v) is 3.48. The van der Waals surface area contributed by atoms with Gasteiger partial charge in [-0.1, -0.05) is 18.2 Å². The number of thiocarbonyl (C=S) groups is 1. The van der Waals surface area contributed by atoms with Crippen molar-refractivity contribution >= 4 is 28.7 Å². The number of fused-ring (bicyclic) bond motifs is 1. The van der Waals surface area contributed by atoms with Crippen LogP contribution in [0.3, 0.4) is 0 Å². The van der Waals surface area contributed by atoms with Gasteiger partial charge in [0.15, 0.2) is 16.6 Å². The Kier molecular flexibility index (Phi) is 5.31. The van der Waals surface area contributed by atoms with Crippen molar-refractivity contribution < 1.29 is 9.47 Å². The molecule has 4 rings (SSSR count). The molecule has 0 saturated carbocycles. The normalized spacial score (nSPS) is 16.3. The molecule has 0 aromatic heterocycles. The second kappa shape index (κ2) is 8.02. The lowest BCUT2D eigenvalue weighted by atomic mass is 10.2. The van der Waals surface area contributed by atoms with Crippen LogP contribution in [-0.2, 0) is 6.54 Å². The number of rotatable bonds is 4. The van der Waals surface area contributed by atoms with Crippen molar-refractivity contribution in [3.63, 3.8) is 0 Å². The molecule has 2 aliphatic heterocycles. The van der Waals surface area contributed by atoms with Gasteiger partial charge in [-0.05, 0) is 49.1 Å². The summed E-state index contributed by atoms with van der Waals surface area (Å²) in [6.45, 7) is 5.09. The maximum Gasteiger partial charge on any atom is 0.231 e. The average Bonchev–Trinajstić information content (AvgIpc) is 3.15. The standard InChI is InChI=1S/C20H24N4O2S/c1-23-8-10-24(11-9-23)17-5-3-2-4-16(17)22-20(27)21-13-15-6-7-18-19(12-15)26-14-25-18/h2-7,12H,8-11,13-14H2,1H3,(H2,21,22,27). The second-order valence-electron chi connectivity index (χ2n) is 6.80. The number of hydrogen-bond donors (Lipinski definition) is 2. The Hall–Kier alpha value is -2.51. The largest absolute Gasteiger partial charge is 0.454 e. The predicted octanol–water partition coefficient (Wildman–Crippen LogP) is 2.65. The minimum absolute atomic E-state index is 0.287.